The Morgan fingerprint density at radius 3 is 2.70 bits per heavy atom. The SMILES string of the molecule is Cc1nn(CCC(=O)Nc2c(C(N)=O)sc3nc(C(F)(F)F)cc(-c4ccco4)c23)cc1Cl. The molecule has 0 aliphatic carbocycles. The largest absolute Gasteiger partial charge is 0.464 e. The van der Waals surface area contributed by atoms with Crippen LogP contribution >= 0.6 is 22.9 Å². The monoisotopic (exact) mass is 497 g/mol. The van der Waals surface area contributed by atoms with Crippen LogP contribution in [0, 0.1) is 6.92 Å². The molecule has 4 aromatic rings. The zero-order valence-electron chi connectivity index (χ0n) is 16.9. The van der Waals surface area contributed by atoms with Gasteiger partial charge in [-0.15, -0.1) is 11.3 Å². The molecule has 3 N–H and O–H groups in total. The minimum absolute atomic E-state index is 0.0187. The molecule has 0 bridgehead atoms. The van der Waals surface area contributed by atoms with Crippen molar-refractivity contribution in [2.75, 3.05) is 5.32 Å². The molecule has 0 fully saturated rings. The highest BCUT2D eigenvalue weighted by atomic mass is 35.5. The molecule has 172 valence electrons. The molecule has 0 aliphatic heterocycles. The number of pyridine rings is 1. The minimum Gasteiger partial charge on any atom is -0.464 e. The number of carbonyl (C=O) groups is 2. The predicted octanol–water partition coefficient (Wildman–Crippen LogP) is 4.86. The predicted molar refractivity (Wildman–Crippen MR) is 116 cm³/mol. The van der Waals surface area contributed by atoms with E-state index in [2.05, 4.69) is 15.4 Å². The molecule has 13 heteroatoms. The first-order valence-corrected chi connectivity index (χ1v) is 10.6. The van der Waals surface area contributed by atoms with Gasteiger partial charge < -0.3 is 15.5 Å². The van der Waals surface area contributed by atoms with Crippen LogP contribution in [0.2, 0.25) is 5.02 Å². The first-order chi connectivity index (χ1) is 15.5. The number of alkyl halides is 3. The Bertz CT molecular complexity index is 1340. The number of halogens is 4. The standard InChI is InChI=1S/C20H15ClF3N5O3S/c1-9-11(21)8-29(28-9)5-4-14(30)27-16-15-10(12-3-2-6-32-12)7-13(20(22,23)24)26-19(15)33-17(16)18(25)31/h2-3,6-8H,4-5H2,1H3,(H2,25,31)(H,27,30). The van der Waals surface area contributed by atoms with Crippen molar-refractivity contribution in [3.05, 3.63) is 51.9 Å². The third-order valence-electron chi connectivity index (χ3n) is 4.68. The number of nitrogens with two attached hydrogens (primary N) is 1. The van der Waals surface area contributed by atoms with Gasteiger partial charge in [-0.2, -0.15) is 18.3 Å². The van der Waals surface area contributed by atoms with Gasteiger partial charge in [0.1, 0.15) is 21.2 Å². The van der Waals surface area contributed by atoms with E-state index in [0.717, 1.165) is 6.07 Å². The van der Waals surface area contributed by atoms with Gasteiger partial charge in [-0.25, -0.2) is 4.98 Å². The van der Waals surface area contributed by atoms with Gasteiger partial charge in [0.15, 0.2) is 0 Å². The van der Waals surface area contributed by atoms with Crippen LogP contribution in [0.3, 0.4) is 0 Å². The van der Waals surface area contributed by atoms with Crippen molar-refractivity contribution in [2.45, 2.75) is 26.1 Å². The number of hydrogen-bond donors (Lipinski definition) is 2. The molecule has 0 spiro atoms. The number of amides is 2. The number of primary amides is 1. The molecule has 4 aromatic heterocycles. The van der Waals surface area contributed by atoms with Crippen molar-refractivity contribution < 1.29 is 27.2 Å². The highest BCUT2D eigenvalue weighted by molar-refractivity contribution is 7.21. The summed E-state index contributed by atoms with van der Waals surface area (Å²) in [6, 6.07) is 3.78. The number of furan rings is 1. The molecule has 33 heavy (non-hydrogen) atoms. The van der Waals surface area contributed by atoms with Crippen molar-refractivity contribution in [2.24, 2.45) is 5.73 Å². The topological polar surface area (TPSA) is 116 Å². The fourth-order valence-corrected chi connectivity index (χ4v) is 4.35. The van der Waals surface area contributed by atoms with Crippen molar-refractivity contribution >= 4 is 50.7 Å². The number of carbonyl (C=O) groups excluding carboxylic acids is 2. The Kier molecular flexibility index (Phi) is 5.89. The average molecular weight is 498 g/mol. The number of aryl methyl sites for hydroxylation is 2. The van der Waals surface area contributed by atoms with Crippen molar-refractivity contribution in [3.63, 3.8) is 0 Å². The van der Waals surface area contributed by atoms with E-state index in [1.54, 1.807) is 13.1 Å². The Morgan fingerprint density at radius 2 is 2.12 bits per heavy atom. The highest BCUT2D eigenvalue weighted by Crippen LogP contribution is 2.43. The summed E-state index contributed by atoms with van der Waals surface area (Å²) in [4.78, 5) is 28.1. The Balaban J connectivity index is 1.77. The van der Waals surface area contributed by atoms with E-state index in [1.165, 1.54) is 23.1 Å². The van der Waals surface area contributed by atoms with Crippen LogP contribution in [-0.4, -0.2) is 26.6 Å². The summed E-state index contributed by atoms with van der Waals surface area (Å²) in [5.41, 5.74) is 4.89. The maximum absolute atomic E-state index is 13.4. The molecular weight excluding hydrogens is 483 g/mol. The summed E-state index contributed by atoms with van der Waals surface area (Å²) in [7, 11) is 0. The van der Waals surface area contributed by atoms with Gasteiger partial charge in [-0.1, -0.05) is 11.6 Å². The lowest BCUT2D eigenvalue weighted by molar-refractivity contribution is -0.140. The fraction of sp³-hybridized carbons (Fsp3) is 0.200. The summed E-state index contributed by atoms with van der Waals surface area (Å²) < 4.78 is 47.1. The minimum atomic E-state index is -4.74. The van der Waals surface area contributed by atoms with Crippen LogP contribution in [0.15, 0.2) is 35.1 Å². The highest BCUT2D eigenvalue weighted by Gasteiger charge is 2.35. The average Bonchev–Trinajstić information content (AvgIpc) is 3.45. The quantitative estimate of drug-likeness (QED) is 0.394. The van der Waals surface area contributed by atoms with Crippen LogP contribution in [0.4, 0.5) is 18.9 Å². The number of thiophene rings is 1. The second-order valence-corrected chi connectivity index (χ2v) is 8.41. The Hall–Kier alpha value is -3.38. The number of nitrogens with one attached hydrogen (secondary N) is 1. The van der Waals surface area contributed by atoms with Gasteiger partial charge in [0.25, 0.3) is 5.91 Å². The molecule has 8 nitrogen and oxygen atoms in total. The lowest BCUT2D eigenvalue weighted by atomic mass is 10.1. The van der Waals surface area contributed by atoms with E-state index in [4.69, 9.17) is 21.8 Å². The molecule has 2 amide bonds. The molecule has 0 saturated heterocycles. The molecule has 0 radical (unpaired) electrons. The molecular formula is C20H15ClF3N5O3S. The number of aromatic nitrogens is 3. The van der Waals surface area contributed by atoms with E-state index in [1.807, 2.05) is 0 Å². The van der Waals surface area contributed by atoms with Gasteiger partial charge in [0.2, 0.25) is 5.91 Å². The van der Waals surface area contributed by atoms with E-state index in [0.29, 0.717) is 22.1 Å². The van der Waals surface area contributed by atoms with Crippen LogP contribution in [0.5, 0.6) is 0 Å². The summed E-state index contributed by atoms with van der Waals surface area (Å²) >= 11 is 6.62. The summed E-state index contributed by atoms with van der Waals surface area (Å²) in [5, 5.41) is 7.34. The summed E-state index contributed by atoms with van der Waals surface area (Å²) in [6.45, 7) is 1.91. The number of hydrogen-bond acceptors (Lipinski definition) is 6. The zero-order valence-corrected chi connectivity index (χ0v) is 18.4. The third kappa shape index (κ3) is 4.57. The van der Waals surface area contributed by atoms with Crippen LogP contribution in [-0.2, 0) is 17.5 Å². The van der Waals surface area contributed by atoms with E-state index in [-0.39, 0.29) is 45.1 Å². The van der Waals surface area contributed by atoms with Crippen LogP contribution in [0.25, 0.3) is 21.5 Å². The number of rotatable bonds is 6. The van der Waals surface area contributed by atoms with Crippen molar-refractivity contribution in [1.82, 2.24) is 14.8 Å². The lowest BCUT2D eigenvalue weighted by Gasteiger charge is -2.11. The van der Waals surface area contributed by atoms with E-state index < -0.39 is 23.7 Å². The number of nitrogens with zero attached hydrogens (tertiary/aromatic N) is 3. The number of anilines is 1. The molecule has 0 saturated carbocycles. The van der Waals surface area contributed by atoms with E-state index >= 15 is 0 Å². The zero-order chi connectivity index (χ0) is 23.9. The smallest absolute Gasteiger partial charge is 0.433 e. The van der Waals surface area contributed by atoms with Gasteiger partial charge in [-0.3, -0.25) is 14.3 Å². The van der Waals surface area contributed by atoms with Gasteiger partial charge in [-0.05, 0) is 25.1 Å². The Morgan fingerprint density at radius 1 is 1.36 bits per heavy atom. The molecule has 0 aliphatic rings. The first kappa shape index (κ1) is 22.8. The maximum atomic E-state index is 13.4. The van der Waals surface area contributed by atoms with Gasteiger partial charge in [0, 0.05) is 30.1 Å². The van der Waals surface area contributed by atoms with E-state index in [9.17, 15) is 22.8 Å². The van der Waals surface area contributed by atoms with Gasteiger partial charge in [0.05, 0.1) is 22.7 Å². The van der Waals surface area contributed by atoms with Crippen molar-refractivity contribution in [3.8, 4) is 11.3 Å². The van der Waals surface area contributed by atoms with Crippen LogP contribution < -0.4 is 11.1 Å². The molecule has 0 aromatic carbocycles. The molecule has 0 unspecified atom stereocenters. The summed E-state index contributed by atoms with van der Waals surface area (Å²) in [6.07, 6.45) is -1.92. The first-order valence-electron chi connectivity index (χ1n) is 9.42. The maximum Gasteiger partial charge on any atom is 0.433 e. The van der Waals surface area contributed by atoms with Crippen LogP contribution in [0.1, 0.15) is 27.5 Å². The Labute approximate surface area is 193 Å². The lowest BCUT2D eigenvalue weighted by Crippen LogP contribution is -2.18. The second-order valence-electron chi connectivity index (χ2n) is 7.00. The third-order valence-corrected chi connectivity index (χ3v) is 6.15. The number of fused-ring (bicyclic) bond motifs is 1. The normalized spacial score (nSPS) is 11.8. The summed E-state index contributed by atoms with van der Waals surface area (Å²) in [5.74, 6) is -1.31. The molecule has 4 rings (SSSR count). The second kappa shape index (κ2) is 8.52. The van der Waals surface area contributed by atoms with Crippen molar-refractivity contribution in [1.29, 1.82) is 0 Å². The van der Waals surface area contributed by atoms with Gasteiger partial charge >= 0.3 is 6.18 Å². The fourth-order valence-electron chi connectivity index (χ4n) is 3.19. The molecule has 0 atom stereocenters. The molecule has 4 heterocycles.